The van der Waals surface area contributed by atoms with Crippen molar-refractivity contribution in [3.05, 3.63) is 59.4 Å². The molecule has 4 rings (SSSR count). The summed E-state index contributed by atoms with van der Waals surface area (Å²) in [5.41, 5.74) is 5.70. The largest absolute Gasteiger partial charge is 0.489 e. The minimum Gasteiger partial charge on any atom is -0.489 e. The molecule has 9 nitrogen and oxygen atoms in total. The Labute approximate surface area is 225 Å². The molecular weight excluding hydrogens is 550 g/mol. The summed E-state index contributed by atoms with van der Waals surface area (Å²) < 4.78 is 69.6. The summed E-state index contributed by atoms with van der Waals surface area (Å²) in [4.78, 5) is 29.1. The first-order chi connectivity index (χ1) is 18.1. The second kappa shape index (κ2) is 12.3. The van der Waals surface area contributed by atoms with Crippen molar-refractivity contribution in [1.29, 1.82) is 0 Å². The molecule has 0 bridgehead atoms. The molecule has 1 fully saturated rings. The lowest BCUT2D eigenvalue weighted by molar-refractivity contribution is -0.139. The number of hydrogen-bond donors (Lipinski definition) is 2. The number of rotatable bonds is 12. The summed E-state index contributed by atoms with van der Waals surface area (Å²) in [6.07, 6.45) is 2.01. The summed E-state index contributed by atoms with van der Waals surface area (Å²) in [7, 11) is 0. The summed E-state index contributed by atoms with van der Waals surface area (Å²) in [6.45, 7) is -1.33. The maximum absolute atomic E-state index is 14.5. The average Bonchev–Trinajstić information content (AvgIpc) is 3.57. The molecule has 2 aromatic carbocycles. The number of amides is 1. The number of carbonyl (C=O) groups is 2. The highest BCUT2D eigenvalue weighted by molar-refractivity contribution is 5.89. The number of carboxylic acid groups (broad SMARTS) is 1. The van der Waals surface area contributed by atoms with Crippen LogP contribution in [0.3, 0.4) is 0 Å². The van der Waals surface area contributed by atoms with Crippen LogP contribution >= 0.6 is 12.4 Å². The van der Waals surface area contributed by atoms with E-state index in [2.05, 4.69) is 9.72 Å². The number of alkyl halides is 2. The van der Waals surface area contributed by atoms with Gasteiger partial charge in [-0.1, -0.05) is 6.07 Å². The van der Waals surface area contributed by atoms with E-state index in [0.717, 1.165) is 25.0 Å². The zero-order valence-corrected chi connectivity index (χ0v) is 21.2. The number of aromatic nitrogens is 1. The van der Waals surface area contributed by atoms with Gasteiger partial charge in [-0.15, -0.1) is 12.4 Å². The van der Waals surface area contributed by atoms with Crippen molar-refractivity contribution < 1.29 is 46.1 Å². The summed E-state index contributed by atoms with van der Waals surface area (Å²) in [6, 6.07) is 3.31. The standard InChI is InChI=1S/C25H23F4N3O6.ClH/c1-12(30)21-22(32(11-33)20(24(34)35)16-6-5-15(26)9-17(16)27)31-23(38-21)14-4-7-18(37-25(28)29)19(8-14)36-10-13-2-3-13;/h4-9,11-13,20,25H,2-3,10,30H2,1H3,(H,34,35);1H/t12-,20?;/m0./s1. The molecule has 0 aliphatic heterocycles. The number of ether oxygens (including phenoxy) is 2. The number of nitrogens with zero attached hydrogens (tertiary/aromatic N) is 2. The number of halogens is 5. The fourth-order valence-corrected chi connectivity index (χ4v) is 3.73. The highest BCUT2D eigenvalue weighted by atomic mass is 35.5. The second-order valence-corrected chi connectivity index (χ2v) is 8.71. The fraction of sp³-hybridized carbons (Fsp3) is 0.320. The maximum Gasteiger partial charge on any atom is 0.387 e. The van der Waals surface area contributed by atoms with E-state index in [1.165, 1.54) is 25.1 Å². The molecule has 1 aliphatic rings. The van der Waals surface area contributed by atoms with Crippen molar-refractivity contribution in [1.82, 2.24) is 4.98 Å². The zero-order chi connectivity index (χ0) is 27.6. The molecule has 3 N–H and O–H groups in total. The number of oxazole rings is 1. The van der Waals surface area contributed by atoms with Crippen LogP contribution in [0, 0.1) is 17.6 Å². The summed E-state index contributed by atoms with van der Waals surface area (Å²) in [5.74, 6) is -4.26. The highest BCUT2D eigenvalue weighted by Crippen LogP contribution is 2.39. The Kier molecular flexibility index (Phi) is 9.41. The normalized spacial score (nSPS) is 14.3. The van der Waals surface area contributed by atoms with Gasteiger partial charge in [0.15, 0.2) is 29.1 Å². The van der Waals surface area contributed by atoms with Crippen LogP contribution in [0.2, 0.25) is 0 Å². The Morgan fingerprint density at radius 3 is 2.51 bits per heavy atom. The van der Waals surface area contributed by atoms with Gasteiger partial charge in [-0.05, 0) is 49.9 Å². The number of anilines is 1. The monoisotopic (exact) mass is 573 g/mol. The van der Waals surface area contributed by atoms with Gasteiger partial charge in [0.05, 0.1) is 12.6 Å². The molecule has 1 aromatic heterocycles. The van der Waals surface area contributed by atoms with E-state index >= 15 is 0 Å². The molecule has 39 heavy (non-hydrogen) atoms. The molecule has 210 valence electrons. The van der Waals surface area contributed by atoms with Crippen LogP contribution in [0.5, 0.6) is 11.5 Å². The molecule has 0 spiro atoms. The topological polar surface area (TPSA) is 128 Å². The van der Waals surface area contributed by atoms with Gasteiger partial charge in [0.25, 0.3) is 0 Å². The minimum atomic E-state index is -3.09. The predicted octanol–water partition coefficient (Wildman–Crippen LogP) is 5.24. The van der Waals surface area contributed by atoms with Gasteiger partial charge < -0.3 is 24.7 Å². The van der Waals surface area contributed by atoms with Crippen molar-refractivity contribution in [2.45, 2.75) is 38.5 Å². The Balaban J connectivity index is 0.00000420. The van der Waals surface area contributed by atoms with Crippen molar-refractivity contribution in [2.24, 2.45) is 11.7 Å². The third-order valence-electron chi connectivity index (χ3n) is 5.75. The summed E-state index contributed by atoms with van der Waals surface area (Å²) in [5, 5.41) is 9.84. The number of carboxylic acids is 1. The molecule has 14 heteroatoms. The van der Waals surface area contributed by atoms with Crippen molar-refractivity contribution in [3.8, 4) is 23.0 Å². The zero-order valence-electron chi connectivity index (χ0n) is 20.4. The number of carbonyl (C=O) groups excluding carboxylic acids is 1. The number of aliphatic carboxylic acids is 1. The molecule has 2 atom stereocenters. The Hall–Kier alpha value is -3.84. The molecule has 1 saturated carbocycles. The van der Waals surface area contributed by atoms with Crippen LogP contribution in [0.25, 0.3) is 11.5 Å². The smallest absolute Gasteiger partial charge is 0.387 e. The third-order valence-corrected chi connectivity index (χ3v) is 5.75. The van der Waals surface area contributed by atoms with Gasteiger partial charge in [-0.25, -0.2) is 13.6 Å². The maximum atomic E-state index is 14.5. The van der Waals surface area contributed by atoms with Gasteiger partial charge in [-0.3, -0.25) is 9.69 Å². The SMILES string of the molecule is C[C@H](N)c1oc(-c2ccc(OC(F)F)c(OCC3CC3)c2)nc1N(C=O)C(C(=O)O)c1ccc(F)cc1F.Cl. The molecule has 1 heterocycles. The Morgan fingerprint density at radius 1 is 1.23 bits per heavy atom. The molecule has 1 unspecified atom stereocenters. The van der Waals surface area contributed by atoms with E-state index in [0.29, 0.717) is 16.9 Å². The highest BCUT2D eigenvalue weighted by Gasteiger charge is 2.35. The van der Waals surface area contributed by atoms with E-state index in [1.54, 1.807) is 0 Å². The lowest BCUT2D eigenvalue weighted by Gasteiger charge is -2.24. The van der Waals surface area contributed by atoms with Crippen LogP contribution in [-0.4, -0.2) is 35.7 Å². The van der Waals surface area contributed by atoms with Crippen LogP contribution in [0.1, 0.15) is 43.2 Å². The van der Waals surface area contributed by atoms with Crippen LogP contribution < -0.4 is 20.1 Å². The molecule has 0 radical (unpaired) electrons. The Morgan fingerprint density at radius 2 is 1.95 bits per heavy atom. The van der Waals surface area contributed by atoms with Gasteiger partial charge >= 0.3 is 12.6 Å². The lowest BCUT2D eigenvalue weighted by Crippen LogP contribution is -2.35. The van der Waals surface area contributed by atoms with Crippen molar-refractivity contribution in [3.63, 3.8) is 0 Å². The van der Waals surface area contributed by atoms with E-state index < -0.39 is 41.9 Å². The molecular formula is C25H24ClF4N3O6. The summed E-state index contributed by atoms with van der Waals surface area (Å²) >= 11 is 0. The lowest BCUT2D eigenvalue weighted by atomic mass is 10.0. The first kappa shape index (κ1) is 29.7. The fourth-order valence-electron chi connectivity index (χ4n) is 3.73. The molecule has 3 aromatic rings. The first-order valence-electron chi connectivity index (χ1n) is 11.5. The third kappa shape index (κ3) is 6.79. The number of hydrogen-bond acceptors (Lipinski definition) is 7. The van der Waals surface area contributed by atoms with Crippen LogP contribution in [0.15, 0.2) is 40.8 Å². The Bertz CT molecular complexity index is 1340. The average molecular weight is 574 g/mol. The minimum absolute atomic E-state index is 0. The first-order valence-corrected chi connectivity index (χ1v) is 11.5. The second-order valence-electron chi connectivity index (χ2n) is 8.71. The van der Waals surface area contributed by atoms with Crippen molar-refractivity contribution in [2.75, 3.05) is 11.5 Å². The van der Waals surface area contributed by atoms with Crippen LogP contribution in [0.4, 0.5) is 23.4 Å². The predicted molar refractivity (Wildman–Crippen MR) is 132 cm³/mol. The van der Waals surface area contributed by atoms with Gasteiger partial charge in [0.1, 0.15) is 11.6 Å². The van der Waals surface area contributed by atoms with Gasteiger partial charge in [-0.2, -0.15) is 13.8 Å². The molecule has 1 amide bonds. The number of benzene rings is 2. The number of nitrogens with two attached hydrogens (primary N) is 1. The van der Waals surface area contributed by atoms with E-state index in [9.17, 15) is 32.3 Å². The van der Waals surface area contributed by atoms with Crippen LogP contribution in [-0.2, 0) is 9.59 Å². The van der Waals surface area contributed by atoms with Crippen molar-refractivity contribution >= 4 is 30.6 Å². The van der Waals surface area contributed by atoms with E-state index in [1.807, 2.05) is 0 Å². The van der Waals surface area contributed by atoms with Gasteiger partial charge in [0, 0.05) is 17.2 Å². The van der Waals surface area contributed by atoms with E-state index in [4.69, 9.17) is 14.9 Å². The molecule has 0 saturated heterocycles. The molecule has 1 aliphatic carbocycles. The van der Waals surface area contributed by atoms with Gasteiger partial charge in [0.2, 0.25) is 12.3 Å². The van der Waals surface area contributed by atoms with E-state index in [-0.39, 0.29) is 60.0 Å². The quantitative estimate of drug-likeness (QED) is 0.222.